The van der Waals surface area contributed by atoms with E-state index in [1.54, 1.807) is 0 Å². The monoisotopic (exact) mass is 423 g/mol. The molecular formula is C23H22BrNO2. The maximum atomic E-state index is 12.4. The Kier molecular flexibility index (Phi) is 5.28. The molecule has 0 bridgehead atoms. The van der Waals surface area contributed by atoms with Gasteiger partial charge >= 0.3 is 5.63 Å². The van der Waals surface area contributed by atoms with Gasteiger partial charge in [-0.1, -0.05) is 70.5 Å². The predicted octanol–water partition coefficient (Wildman–Crippen LogP) is 5.54. The molecule has 0 saturated heterocycles. The molecule has 0 N–H and O–H groups in total. The third kappa shape index (κ3) is 3.78. The molecule has 1 unspecified atom stereocenters. The number of hydrogen-bond acceptors (Lipinski definition) is 3. The highest BCUT2D eigenvalue weighted by Gasteiger charge is 2.22. The minimum Gasteiger partial charge on any atom is -0.426 e. The molecule has 4 heteroatoms. The predicted molar refractivity (Wildman–Crippen MR) is 114 cm³/mol. The Morgan fingerprint density at radius 3 is 2.44 bits per heavy atom. The van der Waals surface area contributed by atoms with E-state index in [1.807, 2.05) is 31.2 Å². The van der Waals surface area contributed by atoms with Gasteiger partial charge in [-0.05, 0) is 35.9 Å². The lowest BCUT2D eigenvalue weighted by Gasteiger charge is -2.27. The van der Waals surface area contributed by atoms with Crippen LogP contribution in [-0.2, 0) is 6.54 Å². The Balaban J connectivity index is 1.69. The highest BCUT2D eigenvalue weighted by Crippen LogP contribution is 2.36. The van der Waals surface area contributed by atoms with Gasteiger partial charge in [-0.2, -0.15) is 0 Å². The summed E-state index contributed by atoms with van der Waals surface area (Å²) < 4.78 is 5.70. The Morgan fingerprint density at radius 2 is 1.78 bits per heavy atom. The van der Waals surface area contributed by atoms with Crippen LogP contribution in [0.1, 0.15) is 35.1 Å². The fourth-order valence-corrected chi connectivity index (χ4v) is 4.07. The maximum absolute atomic E-state index is 12.4. The summed E-state index contributed by atoms with van der Waals surface area (Å²) in [5.41, 5.74) is 3.41. The zero-order chi connectivity index (χ0) is 18.8. The van der Waals surface area contributed by atoms with Crippen molar-refractivity contribution in [2.24, 2.45) is 0 Å². The van der Waals surface area contributed by atoms with Gasteiger partial charge in [0.2, 0.25) is 0 Å². The average molecular weight is 424 g/mol. The summed E-state index contributed by atoms with van der Waals surface area (Å²) >= 11 is 3.61. The van der Waals surface area contributed by atoms with E-state index < -0.39 is 0 Å². The Labute approximate surface area is 167 Å². The summed E-state index contributed by atoms with van der Waals surface area (Å²) in [5, 5.41) is 1.63. The SMILES string of the molecule is CC(Br)c1oc(=O)c2ccccc2c1C1=CCN(Cc2ccccc2)CC1. The van der Waals surface area contributed by atoms with E-state index in [9.17, 15) is 4.79 Å². The molecule has 1 atom stereocenters. The summed E-state index contributed by atoms with van der Waals surface area (Å²) in [7, 11) is 0. The first-order chi connectivity index (χ1) is 13.1. The van der Waals surface area contributed by atoms with E-state index >= 15 is 0 Å². The van der Waals surface area contributed by atoms with Crippen molar-refractivity contribution in [3.05, 3.63) is 88.0 Å². The van der Waals surface area contributed by atoms with Gasteiger partial charge < -0.3 is 4.42 Å². The van der Waals surface area contributed by atoms with Crippen LogP contribution in [-0.4, -0.2) is 18.0 Å². The van der Waals surface area contributed by atoms with Gasteiger partial charge in [-0.25, -0.2) is 4.79 Å². The summed E-state index contributed by atoms with van der Waals surface area (Å²) in [6, 6.07) is 18.3. The number of nitrogens with zero attached hydrogens (tertiary/aromatic N) is 1. The minimum absolute atomic E-state index is 0.0203. The van der Waals surface area contributed by atoms with Crippen molar-refractivity contribution in [2.75, 3.05) is 13.1 Å². The second-order valence-electron chi connectivity index (χ2n) is 6.99. The second-order valence-corrected chi connectivity index (χ2v) is 8.36. The first-order valence-electron chi connectivity index (χ1n) is 9.29. The van der Waals surface area contributed by atoms with Crippen LogP contribution in [0.25, 0.3) is 16.3 Å². The zero-order valence-electron chi connectivity index (χ0n) is 15.3. The third-order valence-corrected chi connectivity index (χ3v) is 5.51. The highest BCUT2D eigenvalue weighted by atomic mass is 79.9. The standard InChI is InChI=1S/C23H22BrNO2/c1-16(24)22-21(19-9-5-6-10-20(19)23(26)27-22)18-11-13-25(14-12-18)15-17-7-3-2-4-8-17/h2-11,16H,12-15H2,1H3. The lowest BCUT2D eigenvalue weighted by Crippen LogP contribution is -2.28. The van der Waals surface area contributed by atoms with Crippen molar-refractivity contribution in [2.45, 2.75) is 24.7 Å². The van der Waals surface area contributed by atoms with Crippen LogP contribution in [0.2, 0.25) is 0 Å². The van der Waals surface area contributed by atoms with Crippen LogP contribution >= 0.6 is 15.9 Å². The van der Waals surface area contributed by atoms with E-state index in [4.69, 9.17) is 4.42 Å². The van der Waals surface area contributed by atoms with Crippen LogP contribution in [0.4, 0.5) is 0 Å². The van der Waals surface area contributed by atoms with E-state index in [-0.39, 0.29) is 10.5 Å². The summed E-state index contributed by atoms with van der Waals surface area (Å²) in [5.74, 6) is 0.724. The Hall–Kier alpha value is -2.17. The third-order valence-electron chi connectivity index (χ3n) is 5.09. The largest absolute Gasteiger partial charge is 0.426 e. The number of rotatable bonds is 4. The van der Waals surface area contributed by atoms with Gasteiger partial charge in [0, 0.05) is 25.2 Å². The topological polar surface area (TPSA) is 33.5 Å². The van der Waals surface area contributed by atoms with Crippen molar-refractivity contribution in [3.63, 3.8) is 0 Å². The van der Waals surface area contributed by atoms with Crippen LogP contribution in [0, 0.1) is 0 Å². The molecule has 3 aromatic rings. The lowest BCUT2D eigenvalue weighted by atomic mass is 9.93. The molecule has 0 spiro atoms. The minimum atomic E-state index is -0.266. The summed E-state index contributed by atoms with van der Waals surface area (Å²) in [6.07, 6.45) is 3.23. The molecule has 0 fully saturated rings. The molecule has 1 aliphatic rings. The van der Waals surface area contributed by atoms with Crippen molar-refractivity contribution in [3.8, 4) is 0 Å². The normalized spacial score (nSPS) is 16.3. The molecule has 4 rings (SSSR count). The Bertz CT molecular complexity index is 1040. The van der Waals surface area contributed by atoms with E-state index in [0.717, 1.165) is 42.8 Å². The summed E-state index contributed by atoms with van der Waals surface area (Å²) in [6.45, 7) is 4.84. The lowest BCUT2D eigenvalue weighted by molar-refractivity contribution is 0.293. The van der Waals surface area contributed by atoms with Crippen molar-refractivity contribution >= 4 is 32.3 Å². The molecule has 0 saturated carbocycles. The number of fused-ring (bicyclic) bond motifs is 1. The number of halogens is 1. The molecule has 27 heavy (non-hydrogen) atoms. The van der Waals surface area contributed by atoms with Crippen molar-refractivity contribution in [1.29, 1.82) is 0 Å². The van der Waals surface area contributed by atoms with E-state index in [0.29, 0.717) is 5.39 Å². The van der Waals surface area contributed by atoms with Crippen LogP contribution in [0.5, 0.6) is 0 Å². The average Bonchev–Trinajstić information content (AvgIpc) is 2.69. The van der Waals surface area contributed by atoms with Gasteiger partial charge in [-0.3, -0.25) is 4.90 Å². The zero-order valence-corrected chi connectivity index (χ0v) is 16.9. The fourth-order valence-electron chi connectivity index (χ4n) is 3.75. The highest BCUT2D eigenvalue weighted by molar-refractivity contribution is 9.09. The molecule has 0 aliphatic carbocycles. The number of alkyl halides is 1. The smallest absolute Gasteiger partial charge is 0.343 e. The van der Waals surface area contributed by atoms with Gasteiger partial charge in [0.15, 0.2) is 0 Å². The fraction of sp³-hybridized carbons (Fsp3) is 0.261. The quantitative estimate of drug-likeness (QED) is 0.516. The molecule has 138 valence electrons. The first kappa shape index (κ1) is 18.2. The molecule has 2 heterocycles. The van der Waals surface area contributed by atoms with Gasteiger partial charge in [0.05, 0.1) is 10.2 Å². The van der Waals surface area contributed by atoms with Crippen molar-refractivity contribution < 1.29 is 4.42 Å². The number of benzene rings is 2. The van der Waals surface area contributed by atoms with Gasteiger partial charge in [0.1, 0.15) is 5.76 Å². The van der Waals surface area contributed by atoms with Crippen LogP contribution in [0.3, 0.4) is 0 Å². The van der Waals surface area contributed by atoms with Crippen LogP contribution in [0.15, 0.2) is 69.9 Å². The first-order valence-corrected chi connectivity index (χ1v) is 10.2. The van der Waals surface area contributed by atoms with Crippen molar-refractivity contribution in [1.82, 2.24) is 4.90 Å². The van der Waals surface area contributed by atoms with Gasteiger partial charge in [0.25, 0.3) is 0 Å². The molecule has 1 aliphatic heterocycles. The number of hydrogen-bond donors (Lipinski definition) is 0. The molecule has 0 amide bonds. The Morgan fingerprint density at radius 1 is 1.07 bits per heavy atom. The molecular weight excluding hydrogens is 402 g/mol. The molecule has 0 radical (unpaired) electrons. The summed E-state index contributed by atoms with van der Waals surface area (Å²) in [4.78, 5) is 14.8. The van der Waals surface area contributed by atoms with Gasteiger partial charge in [-0.15, -0.1) is 0 Å². The van der Waals surface area contributed by atoms with E-state index in [1.165, 1.54) is 11.1 Å². The van der Waals surface area contributed by atoms with E-state index in [2.05, 4.69) is 57.2 Å². The molecule has 2 aromatic carbocycles. The second kappa shape index (κ2) is 7.83. The molecule has 1 aromatic heterocycles. The maximum Gasteiger partial charge on any atom is 0.343 e. The van der Waals surface area contributed by atoms with Crippen LogP contribution < -0.4 is 5.63 Å². The molecule has 3 nitrogen and oxygen atoms in total.